The minimum absolute atomic E-state index is 0.241. The van der Waals surface area contributed by atoms with Gasteiger partial charge in [0.25, 0.3) is 0 Å². The predicted molar refractivity (Wildman–Crippen MR) is 57.0 cm³/mol. The number of anilines is 1. The lowest BCUT2D eigenvalue weighted by Crippen LogP contribution is -2.41. The lowest BCUT2D eigenvalue weighted by atomic mass is 9.62. The second kappa shape index (κ2) is 3.26. The Balaban J connectivity index is 2.37. The molecular formula is C12H16FN. The Bertz CT molecular complexity index is 329. The first kappa shape index (κ1) is 9.50. The van der Waals surface area contributed by atoms with Crippen molar-refractivity contribution in [2.75, 3.05) is 5.73 Å². The molecule has 1 aliphatic rings. The van der Waals surface area contributed by atoms with Gasteiger partial charge < -0.3 is 5.73 Å². The molecule has 1 fully saturated rings. The predicted octanol–water partition coefficient (Wildman–Crippen LogP) is 3.05. The molecule has 1 aromatic carbocycles. The number of benzene rings is 1. The van der Waals surface area contributed by atoms with Crippen molar-refractivity contribution in [3.63, 3.8) is 0 Å². The third kappa shape index (κ3) is 1.29. The molecule has 0 radical (unpaired) electrons. The van der Waals surface area contributed by atoms with Crippen LogP contribution in [0.3, 0.4) is 0 Å². The molecule has 1 aromatic rings. The molecule has 14 heavy (non-hydrogen) atoms. The first-order valence-electron chi connectivity index (χ1n) is 5.15. The zero-order valence-electron chi connectivity index (χ0n) is 8.46. The van der Waals surface area contributed by atoms with Crippen molar-refractivity contribution in [2.24, 2.45) is 0 Å². The topological polar surface area (TPSA) is 26.0 Å². The van der Waals surface area contributed by atoms with Crippen LogP contribution in [0.1, 0.15) is 31.7 Å². The summed E-state index contributed by atoms with van der Waals surface area (Å²) in [5.41, 5.74) is 7.27. The molecule has 0 aliphatic heterocycles. The van der Waals surface area contributed by atoms with Crippen LogP contribution in [0.25, 0.3) is 0 Å². The summed E-state index contributed by atoms with van der Waals surface area (Å²) >= 11 is 0. The molecular weight excluding hydrogens is 177 g/mol. The molecule has 1 nitrogen and oxygen atoms in total. The maximum Gasteiger partial charge on any atom is 0.107 e. The maximum absolute atomic E-state index is 13.6. The van der Waals surface area contributed by atoms with E-state index in [1.54, 1.807) is 6.92 Å². The van der Waals surface area contributed by atoms with E-state index in [0.29, 0.717) is 0 Å². The number of hydrogen-bond donors (Lipinski definition) is 1. The van der Waals surface area contributed by atoms with E-state index in [4.69, 9.17) is 5.73 Å². The van der Waals surface area contributed by atoms with Crippen molar-refractivity contribution in [3.8, 4) is 0 Å². The molecule has 2 N–H and O–H groups in total. The summed E-state index contributed by atoms with van der Waals surface area (Å²) in [7, 11) is 0. The summed E-state index contributed by atoms with van der Waals surface area (Å²) in [6.07, 6.45) is 2.25. The zero-order chi connectivity index (χ0) is 10.2. The van der Waals surface area contributed by atoms with Gasteiger partial charge in [0.1, 0.15) is 6.17 Å². The number of hydrogen-bond acceptors (Lipinski definition) is 1. The van der Waals surface area contributed by atoms with Gasteiger partial charge >= 0.3 is 0 Å². The standard InChI is InChI=1S/C12H16FN/c1-9(13)12(6-3-7-12)10-4-2-5-11(14)8-10/h2,4-5,8-9H,3,6-7,14H2,1H3. The van der Waals surface area contributed by atoms with Gasteiger partial charge in [-0.05, 0) is 37.5 Å². The summed E-state index contributed by atoms with van der Waals surface area (Å²) in [6, 6.07) is 7.66. The molecule has 1 aliphatic carbocycles. The molecule has 0 amide bonds. The van der Waals surface area contributed by atoms with Crippen molar-refractivity contribution in [1.29, 1.82) is 0 Å². The first-order valence-corrected chi connectivity index (χ1v) is 5.15. The Hall–Kier alpha value is -1.05. The van der Waals surface area contributed by atoms with Gasteiger partial charge in [-0.15, -0.1) is 0 Å². The normalized spacial score (nSPS) is 21.3. The second-order valence-corrected chi connectivity index (χ2v) is 4.25. The average molecular weight is 193 g/mol. The van der Waals surface area contributed by atoms with Crippen molar-refractivity contribution in [1.82, 2.24) is 0 Å². The highest BCUT2D eigenvalue weighted by atomic mass is 19.1. The van der Waals surface area contributed by atoms with Crippen LogP contribution in [-0.4, -0.2) is 6.17 Å². The van der Waals surface area contributed by atoms with E-state index in [1.165, 1.54) is 0 Å². The maximum atomic E-state index is 13.6. The highest BCUT2D eigenvalue weighted by molar-refractivity contribution is 5.44. The van der Waals surface area contributed by atoms with E-state index in [9.17, 15) is 4.39 Å². The van der Waals surface area contributed by atoms with Gasteiger partial charge in [-0.1, -0.05) is 18.6 Å². The van der Waals surface area contributed by atoms with Crippen LogP contribution in [-0.2, 0) is 5.41 Å². The largest absolute Gasteiger partial charge is 0.399 e. The Morgan fingerprint density at radius 3 is 2.57 bits per heavy atom. The number of rotatable bonds is 2. The molecule has 76 valence electrons. The van der Waals surface area contributed by atoms with E-state index in [-0.39, 0.29) is 5.41 Å². The average Bonchev–Trinajstić information content (AvgIpc) is 2.00. The van der Waals surface area contributed by atoms with Gasteiger partial charge in [-0.3, -0.25) is 0 Å². The molecule has 0 bridgehead atoms. The van der Waals surface area contributed by atoms with Crippen LogP contribution >= 0.6 is 0 Å². The molecule has 1 unspecified atom stereocenters. The summed E-state index contributed by atoms with van der Waals surface area (Å²) in [5.74, 6) is 0. The van der Waals surface area contributed by atoms with Crippen LogP contribution in [0.4, 0.5) is 10.1 Å². The smallest absolute Gasteiger partial charge is 0.107 e. The lowest BCUT2D eigenvalue weighted by Gasteiger charge is -2.44. The Morgan fingerprint density at radius 2 is 2.14 bits per heavy atom. The van der Waals surface area contributed by atoms with Crippen molar-refractivity contribution in [2.45, 2.75) is 37.8 Å². The molecule has 0 heterocycles. The van der Waals surface area contributed by atoms with Crippen LogP contribution in [0, 0.1) is 0 Å². The van der Waals surface area contributed by atoms with E-state index < -0.39 is 6.17 Å². The molecule has 1 atom stereocenters. The summed E-state index contributed by atoms with van der Waals surface area (Å²) in [5, 5.41) is 0. The first-order chi connectivity index (χ1) is 6.65. The van der Waals surface area contributed by atoms with Gasteiger partial charge in [0.05, 0.1) is 0 Å². The SMILES string of the molecule is CC(F)C1(c2cccc(N)c2)CCC1. The molecule has 2 rings (SSSR count). The highest BCUT2D eigenvalue weighted by Crippen LogP contribution is 2.47. The lowest BCUT2D eigenvalue weighted by molar-refractivity contribution is 0.114. The van der Waals surface area contributed by atoms with Gasteiger partial charge in [-0.2, -0.15) is 0 Å². The van der Waals surface area contributed by atoms with Crippen molar-refractivity contribution in [3.05, 3.63) is 29.8 Å². The van der Waals surface area contributed by atoms with E-state index in [2.05, 4.69) is 0 Å². The Kier molecular flexibility index (Phi) is 2.22. The van der Waals surface area contributed by atoms with Gasteiger partial charge in [0.2, 0.25) is 0 Å². The summed E-state index contributed by atoms with van der Waals surface area (Å²) < 4.78 is 13.6. The van der Waals surface area contributed by atoms with Crippen LogP contribution in [0.2, 0.25) is 0 Å². The van der Waals surface area contributed by atoms with Gasteiger partial charge in [0, 0.05) is 11.1 Å². The molecule has 1 saturated carbocycles. The Morgan fingerprint density at radius 1 is 1.43 bits per heavy atom. The fraction of sp³-hybridized carbons (Fsp3) is 0.500. The fourth-order valence-electron chi connectivity index (χ4n) is 2.32. The zero-order valence-corrected chi connectivity index (χ0v) is 8.46. The van der Waals surface area contributed by atoms with Gasteiger partial charge in [-0.25, -0.2) is 4.39 Å². The number of nitrogen functional groups attached to an aromatic ring is 1. The van der Waals surface area contributed by atoms with E-state index in [0.717, 1.165) is 30.5 Å². The number of alkyl halides is 1. The summed E-state index contributed by atoms with van der Waals surface area (Å²) in [6.45, 7) is 1.66. The second-order valence-electron chi connectivity index (χ2n) is 4.25. The number of halogens is 1. The Labute approximate surface area is 84.1 Å². The minimum atomic E-state index is -0.780. The van der Waals surface area contributed by atoms with Crippen molar-refractivity contribution < 1.29 is 4.39 Å². The molecule has 0 aromatic heterocycles. The van der Waals surface area contributed by atoms with E-state index >= 15 is 0 Å². The van der Waals surface area contributed by atoms with Crippen molar-refractivity contribution >= 4 is 5.69 Å². The number of nitrogens with two attached hydrogens (primary N) is 1. The quantitative estimate of drug-likeness (QED) is 0.718. The minimum Gasteiger partial charge on any atom is -0.399 e. The third-order valence-electron chi connectivity index (χ3n) is 3.47. The molecule has 0 saturated heterocycles. The van der Waals surface area contributed by atoms with Gasteiger partial charge in [0.15, 0.2) is 0 Å². The van der Waals surface area contributed by atoms with Crippen LogP contribution in [0.5, 0.6) is 0 Å². The monoisotopic (exact) mass is 193 g/mol. The fourth-order valence-corrected chi connectivity index (χ4v) is 2.32. The third-order valence-corrected chi connectivity index (χ3v) is 3.47. The van der Waals surface area contributed by atoms with E-state index in [1.807, 2.05) is 24.3 Å². The highest BCUT2D eigenvalue weighted by Gasteiger charge is 2.43. The van der Waals surface area contributed by atoms with Crippen LogP contribution < -0.4 is 5.73 Å². The summed E-state index contributed by atoms with van der Waals surface area (Å²) in [4.78, 5) is 0. The molecule has 2 heteroatoms. The molecule has 0 spiro atoms. The van der Waals surface area contributed by atoms with Crippen LogP contribution in [0.15, 0.2) is 24.3 Å².